The Kier molecular flexibility index (Phi) is 12.3. The van der Waals surface area contributed by atoms with Crippen molar-refractivity contribution in [3.63, 3.8) is 0 Å². The Bertz CT molecular complexity index is 1390. The standard InChI is InChI=1S/C35H46N5O3/c36-35(37)39-24-29(23-34(42)43)32(40-33-15-11-18-38-33)22-28-17-16-27-20-25-12-8-9-13-26(25)21-31(27)30(28)14-7-5-3-1-2-4-6-10-19-41/h8-9,11-13,15-18,20-21,23,28,30,32,38,41H,1-7,10,14,19,22,24H2,(H,42,43)(H4,36,37,39)/q-1. The summed E-state index contributed by atoms with van der Waals surface area (Å²) in [5, 5.41) is 26.1. The van der Waals surface area contributed by atoms with Gasteiger partial charge in [-0.2, -0.15) is 0 Å². The molecule has 0 saturated heterocycles. The van der Waals surface area contributed by atoms with E-state index in [1.165, 1.54) is 60.1 Å². The van der Waals surface area contributed by atoms with Crippen molar-refractivity contribution in [2.24, 2.45) is 22.4 Å². The number of fused-ring (bicyclic) bond motifs is 2. The van der Waals surface area contributed by atoms with Crippen LogP contribution in [0.25, 0.3) is 22.2 Å². The zero-order valence-corrected chi connectivity index (χ0v) is 25.0. The number of nitrogens with one attached hydrogen (secondary N) is 1. The first-order valence-corrected chi connectivity index (χ1v) is 15.6. The summed E-state index contributed by atoms with van der Waals surface area (Å²) in [5.41, 5.74) is 14.4. The van der Waals surface area contributed by atoms with E-state index in [0.29, 0.717) is 17.8 Å². The number of aromatic nitrogens is 1. The minimum atomic E-state index is -1.05. The number of carbonyl (C=O) groups is 1. The average molecular weight is 585 g/mol. The van der Waals surface area contributed by atoms with E-state index in [0.717, 1.165) is 25.7 Å². The van der Waals surface area contributed by atoms with Crippen LogP contribution in [0.3, 0.4) is 0 Å². The number of aliphatic hydroxyl groups is 1. The topological polar surface area (TPSA) is 152 Å². The molecule has 1 aliphatic carbocycles. The normalized spacial score (nSPS) is 17.0. The van der Waals surface area contributed by atoms with Gasteiger partial charge in [0.1, 0.15) is 0 Å². The van der Waals surface area contributed by atoms with Crippen LogP contribution in [0.5, 0.6) is 0 Å². The number of H-pyrrole nitrogens is 1. The highest BCUT2D eigenvalue weighted by molar-refractivity contribution is 5.87. The van der Waals surface area contributed by atoms with Crippen molar-refractivity contribution in [1.29, 1.82) is 0 Å². The second kappa shape index (κ2) is 16.6. The summed E-state index contributed by atoms with van der Waals surface area (Å²) in [5.74, 6) is 0.000526. The number of unbranched alkanes of at least 4 members (excludes halogenated alkanes) is 7. The maximum atomic E-state index is 11.8. The number of nitrogens with zero attached hydrogens (tertiary/aromatic N) is 2. The number of aliphatic imine (C=N–C) groups is 1. The molecule has 4 rings (SSSR count). The van der Waals surface area contributed by atoms with Crippen molar-refractivity contribution in [2.45, 2.75) is 76.2 Å². The highest BCUT2D eigenvalue weighted by atomic mass is 16.4. The molecular formula is C35H46N5O3-. The molecule has 3 atom stereocenters. The van der Waals surface area contributed by atoms with E-state index < -0.39 is 12.0 Å². The lowest BCUT2D eigenvalue weighted by molar-refractivity contribution is -0.131. The maximum Gasteiger partial charge on any atom is 0.328 e. The molecule has 0 saturated carbocycles. The van der Waals surface area contributed by atoms with Crippen molar-refractivity contribution in [3.8, 4) is 0 Å². The third-order valence-electron chi connectivity index (χ3n) is 8.37. The fourth-order valence-electron chi connectivity index (χ4n) is 6.18. The van der Waals surface area contributed by atoms with Crippen LogP contribution in [0.15, 0.2) is 77.4 Å². The number of aliphatic hydroxyl groups excluding tert-OH is 1. The van der Waals surface area contributed by atoms with Crippen LogP contribution in [0.2, 0.25) is 0 Å². The summed E-state index contributed by atoms with van der Waals surface area (Å²) in [6.07, 6.45) is 18.4. The minimum Gasteiger partial charge on any atom is -0.478 e. The predicted molar refractivity (Wildman–Crippen MR) is 176 cm³/mol. The fraction of sp³-hybridized carbons (Fsp3) is 0.429. The van der Waals surface area contributed by atoms with E-state index in [1.807, 2.05) is 18.3 Å². The lowest BCUT2D eigenvalue weighted by atomic mass is 9.73. The quantitative estimate of drug-likeness (QED) is 0.0465. The molecule has 8 heteroatoms. The second-order valence-electron chi connectivity index (χ2n) is 11.5. The number of guanidine groups is 1. The summed E-state index contributed by atoms with van der Waals surface area (Å²) in [6.45, 7) is 0.360. The zero-order chi connectivity index (χ0) is 30.4. The van der Waals surface area contributed by atoms with Gasteiger partial charge in [0.15, 0.2) is 5.96 Å². The molecule has 0 bridgehead atoms. The van der Waals surface area contributed by atoms with Gasteiger partial charge >= 0.3 is 5.97 Å². The summed E-state index contributed by atoms with van der Waals surface area (Å²) >= 11 is 0. The largest absolute Gasteiger partial charge is 0.478 e. The van der Waals surface area contributed by atoms with Crippen molar-refractivity contribution in [2.75, 3.05) is 13.2 Å². The third-order valence-corrected chi connectivity index (χ3v) is 8.37. The Balaban J connectivity index is 1.57. The van der Waals surface area contributed by atoms with Gasteiger partial charge in [0.25, 0.3) is 0 Å². The highest BCUT2D eigenvalue weighted by Crippen LogP contribution is 2.43. The number of rotatable bonds is 18. The molecule has 8 nitrogen and oxygen atoms in total. The van der Waals surface area contributed by atoms with Crippen LogP contribution >= 0.6 is 0 Å². The number of aliphatic carboxylic acids is 1. The molecule has 0 amide bonds. The number of aromatic amines is 1. The van der Waals surface area contributed by atoms with E-state index in [2.05, 4.69) is 58.5 Å². The molecule has 43 heavy (non-hydrogen) atoms. The van der Waals surface area contributed by atoms with Gasteiger partial charge in [-0.05, 0) is 70.7 Å². The Labute approximate surface area is 255 Å². The molecule has 2 aromatic carbocycles. The minimum absolute atomic E-state index is 0.0736. The Hall–Kier alpha value is -4.04. The van der Waals surface area contributed by atoms with Gasteiger partial charge in [-0.15, -0.1) is 0 Å². The van der Waals surface area contributed by atoms with Crippen LogP contribution in [0, 0.1) is 5.92 Å². The molecule has 1 aliphatic rings. The molecule has 230 valence electrons. The smallest absolute Gasteiger partial charge is 0.328 e. The van der Waals surface area contributed by atoms with Gasteiger partial charge in [0, 0.05) is 12.7 Å². The first kappa shape index (κ1) is 31.9. The van der Waals surface area contributed by atoms with Crippen LogP contribution in [0.4, 0.5) is 5.82 Å². The molecule has 3 unspecified atom stereocenters. The predicted octanol–water partition coefficient (Wildman–Crippen LogP) is 7.15. The van der Waals surface area contributed by atoms with Crippen LogP contribution in [0.1, 0.15) is 81.3 Å². The molecule has 7 N–H and O–H groups in total. The SMILES string of the molecule is NC(N)=NCC(=CC(=O)O)C(CC1C=Cc2cc3ccccc3cc2C1CCCCCCCCCCO)[N-]c1ccc[nH]1. The molecule has 1 aromatic heterocycles. The molecule has 0 aliphatic heterocycles. The van der Waals surface area contributed by atoms with Crippen molar-refractivity contribution < 1.29 is 15.0 Å². The van der Waals surface area contributed by atoms with Crippen LogP contribution in [-0.2, 0) is 4.79 Å². The van der Waals surface area contributed by atoms with E-state index in [1.54, 1.807) is 0 Å². The van der Waals surface area contributed by atoms with Crippen molar-refractivity contribution in [1.82, 2.24) is 4.98 Å². The molecule has 0 spiro atoms. The van der Waals surface area contributed by atoms with E-state index >= 15 is 0 Å². The van der Waals surface area contributed by atoms with Gasteiger partial charge < -0.3 is 32.0 Å². The van der Waals surface area contributed by atoms with Crippen LogP contribution < -0.4 is 11.5 Å². The summed E-state index contributed by atoms with van der Waals surface area (Å²) < 4.78 is 0. The third kappa shape index (κ3) is 9.75. The maximum absolute atomic E-state index is 11.8. The number of allylic oxidation sites excluding steroid dienone is 1. The lowest BCUT2D eigenvalue weighted by Crippen LogP contribution is -2.26. The fourth-order valence-corrected chi connectivity index (χ4v) is 6.18. The molecule has 0 fully saturated rings. The van der Waals surface area contributed by atoms with E-state index in [4.69, 9.17) is 21.9 Å². The van der Waals surface area contributed by atoms with Gasteiger partial charge in [-0.25, -0.2) is 9.79 Å². The van der Waals surface area contributed by atoms with E-state index in [9.17, 15) is 9.90 Å². The summed E-state index contributed by atoms with van der Waals surface area (Å²) in [6, 6.07) is 16.4. The number of hydrogen-bond donors (Lipinski definition) is 5. The number of nitrogens with two attached hydrogens (primary N) is 2. The number of benzene rings is 2. The Morgan fingerprint density at radius 2 is 1.67 bits per heavy atom. The number of carboxylic acid groups (broad SMARTS) is 1. The molecule has 0 radical (unpaired) electrons. The number of carboxylic acids is 1. The first-order chi connectivity index (χ1) is 20.9. The van der Waals surface area contributed by atoms with Crippen LogP contribution in [-0.4, -0.2) is 46.3 Å². The Morgan fingerprint density at radius 1 is 0.977 bits per heavy atom. The van der Waals surface area contributed by atoms with Crippen molar-refractivity contribution >= 4 is 34.6 Å². The number of hydrogen-bond acceptors (Lipinski definition) is 3. The lowest BCUT2D eigenvalue weighted by Gasteiger charge is -2.36. The van der Waals surface area contributed by atoms with Gasteiger partial charge in [-0.1, -0.05) is 112 Å². The second-order valence-corrected chi connectivity index (χ2v) is 11.5. The molecule has 1 heterocycles. The average Bonchev–Trinajstić information content (AvgIpc) is 3.51. The Morgan fingerprint density at radius 3 is 2.33 bits per heavy atom. The summed E-state index contributed by atoms with van der Waals surface area (Å²) in [4.78, 5) is 19.1. The van der Waals surface area contributed by atoms with Crippen molar-refractivity contribution in [3.05, 3.63) is 88.9 Å². The van der Waals surface area contributed by atoms with Gasteiger partial charge in [-0.3, -0.25) is 0 Å². The molecule has 3 aromatic rings. The van der Waals surface area contributed by atoms with E-state index in [-0.39, 0.29) is 30.9 Å². The van der Waals surface area contributed by atoms with Gasteiger partial charge in [0.05, 0.1) is 6.54 Å². The monoisotopic (exact) mass is 584 g/mol. The van der Waals surface area contributed by atoms with Gasteiger partial charge in [0.2, 0.25) is 0 Å². The summed E-state index contributed by atoms with van der Waals surface area (Å²) in [7, 11) is 0. The molecular weight excluding hydrogens is 538 g/mol. The highest BCUT2D eigenvalue weighted by Gasteiger charge is 2.29. The zero-order valence-electron chi connectivity index (χ0n) is 25.0. The first-order valence-electron chi connectivity index (χ1n) is 15.6.